The number of hydrogen-bond donors (Lipinski definition) is 4. The van der Waals surface area contributed by atoms with Gasteiger partial charge in [-0.05, 0) is 87.0 Å². The Kier molecular flexibility index (Phi) is 7.44. The maximum atomic E-state index is 12.1. The minimum Gasteiger partial charge on any atom is -0.480 e. The van der Waals surface area contributed by atoms with E-state index in [2.05, 4.69) is 36.3 Å². The van der Waals surface area contributed by atoms with Crippen molar-refractivity contribution in [1.29, 1.82) is 0 Å². The number of fused-ring (bicyclic) bond motifs is 5. The molecular weight excluding hydrogens is 474 g/mol. The molecule has 4 rings (SSSR count). The maximum absolute atomic E-state index is 12.1. The second-order valence-corrected chi connectivity index (χ2v) is 11.8. The third-order valence-electron chi connectivity index (χ3n) is 10.1. The predicted octanol–water partition coefficient (Wildman–Crippen LogP) is 2.52. The zero-order chi connectivity index (χ0) is 27.0. The van der Waals surface area contributed by atoms with E-state index >= 15 is 0 Å². The summed E-state index contributed by atoms with van der Waals surface area (Å²) < 4.78 is 0. The van der Waals surface area contributed by atoms with E-state index in [1.807, 2.05) is 0 Å². The molecule has 9 nitrogen and oxygen atoms in total. The summed E-state index contributed by atoms with van der Waals surface area (Å²) in [6.45, 7) is 4.15. The number of aliphatic carboxylic acids is 1. The van der Waals surface area contributed by atoms with Crippen LogP contribution >= 0.6 is 0 Å². The zero-order valence-corrected chi connectivity index (χ0v) is 21.8. The lowest BCUT2D eigenvalue weighted by Gasteiger charge is -2.58. The molecule has 0 heterocycles. The Morgan fingerprint density at radius 2 is 1.95 bits per heavy atom. The standard InChI is InChI=1S/C28H39N3O6/c1-4-28(36)14-11-21-19-6-5-17-15-18(9-12-26(17,2)20(19)10-13-27(21,28)3)31-37-16-24(33)30-22(25(34)35)7-8-23(29)32/h1,15,19-22,36H,5-14,16H2,2-3H3,(H2,29,32)(H,30,33)(H,34,35)/b31-18+/t19?,20?,21?,22?,26-,27-,28+/m0/s1. The van der Waals surface area contributed by atoms with E-state index in [0.717, 1.165) is 50.7 Å². The Morgan fingerprint density at radius 1 is 1.22 bits per heavy atom. The highest BCUT2D eigenvalue weighted by Gasteiger charge is 2.63. The van der Waals surface area contributed by atoms with E-state index < -0.39 is 36.0 Å². The van der Waals surface area contributed by atoms with Gasteiger partial charge in [-0.3, -0.25) is 9.59 Å². The van der Waals surface area contributed by atoms with Crippen molar-refractivity contribution in [3.05, 3.63) is 11.6 Å². The van der Waals surface area contributed by atoms with Crippen LogP contribution in [0.2, 0.25) is 0 Å². The monoisotopic (exact) mass is 513 g/mol. The van der Waals surface area contributed by atoms with Crippen molar-refractivity contribution in [2.45, 2.75) is 89.7 Å². The van der Waals surface area contributed by atoms with Gasteiger partial charge < -0.3 is 26.1 Å². The first kappa shape index (κ1) is 27.2. The molecule has 7 atom stereocenters. The number of terminal acetylenes is 1. The number of carboxylic acids is 1. The summed E-state index contributed by atoms with van der Waals surface area (Å²) in [5, 5.41) is 26.9. The molecule has 0 radical (unpaired) electrons. The number of carboxylic acid groups (broad SMARTS) is 1. The van der Waals surface area contributed by atoms with Gasteiger partial charge in [0.1, 0.15) is 11.6 Å². The van der Waals surface area contributed by atoms with E-state index in [1.165, 1.54) is 5.57 Å². The van der Waals surface area contributed by atoms with Crippen LogP contribution in [-0.2, 0) is 19.2 Å². The first-order valence-electron chi connectivity index (χ1n) is 13.3. The first-order valence-corrected chi connectivity index (χ1v) is 13.3. The third kappa shape index (κ3) is 4.88. The van der Waals surface area contributed by atoms with Crippen molar-refractivity contribution in [2.75, 3.05) is 6.61 Å². The van der Waals surface area contributed by atoms with E-state index in [1.54, 1.807) is 0 Å². The molecule has 202 valence electrons. The topological polar surface area (TPSA) is 151 Å². The molecule has 5 N–H and O–H groups in total. The number of carbonyl (C=O) groups excluding carboxylic acids is 2. The van der Waals surface area contributed by atoms with Crippen LogP contribution in [-0.4, -0.2) is 52.0 Å². The van der Waals surface area contributed by atoms with Gasteiger partial charge >= 0.3 is 5.97 Å². The molecule has 4 aliphatic rings. The Bertz CT molecular complexity index is 1060. The summed E-state index contributed by atoms with van der Waals surface area (Å²) >= 11 is 0. The minimum atomic E-state index is -1.24. The summed E-state index contributed by atoms with van der Waals surface area (Å²) in [4.78, 5) is 39.6. The van der Waals surface area contributed by atoms with Crippen molar-refractivity contribution >= 4 is 23.5 Å². The van der Waals surface area contributed by atoms with Gasteiger partial charge in [-0.2, -0.15) is 0 Å². The van der Waals surface area contributed by atoms with Crippen molar-refractivity contribution in [3.63, 3.8) is 0 Å². The number of allylic oxidation sites excluding steroid dienone is 2. The average Bonchev–Trinajstić information content (AvgIpc) is 3.12. The lowest BCUT2D eigenvalue weighted by atomic mass is 9.46. The Hall–Kier alpha value is -2.86. The summed E-state index contributed by atoms with van der Waals surface area (Å²) in [5.74, 6) is 1.80. The van der Waals surface area contributed by atoms with Gasteiger partial charge in [-0.25, -0.2) is 4.79 Å². The molecule has 4 aliphatic carbocycles. The van der Waals surface area contributed by atoms with Gasteiger partial charge in [0.15, 0.2) is 6.61 Å². The molecule has 0 spiro atoms. The number of nitrogens with one attached hydrogen (secondary N) is 1. The highest BCUT2D eigenvalue weighted by Crippen LogP contribution is 2.67. The number of oxime groups is 1. The molecule has 4 unspecified atom stereocenters. The van der Waals surface area contributed by atoms with Crippen molar-refractivity contribution in [3.8, 4) is 12.3 Å². The van der Waals surface area contributed by atoms with Gasteiger partial charge in [0.25, 0.3) is 5.91 Å². The van der Waals surface area contributed by atoms with Crippen LogP contribution in [0.25, 0.3) is 0 Å². The number of primary amides is 1. The first-order chi connectivity index (χ1) is 17.4. The molecule has 3 saturated carbocycles. The molecule has 0 saturated heterocycles. The van der Waals surface area contributed by atoms with Crippen LogP contribution < -0.4 is 11.1 Å². The number of amides is 2. The molecule has 37 heavy (non-hydrogen) atoms. The van der Waals surface area contributed by atoms with Gasteiger partial charge in [0.2, 0.25) is 5.91 Å². The Balaban J connectivity index is 1.37. The molecule has 0 aliphatic heterocycles. The van der Waals surface area contributed by atoms with Crippen LogP contribution in [0.5, 0.6) is 0 Å². The fourth-order valence-corrected chi connectivity index (χ4v) is 7.85. The van der Waals surface area contributed by atoms with E-state index in [-0.39, 0.29) is 23.7 Å². The highest BCUT2D eigenvalue weighted by molar-refractivity contribution is 5.96. The van der Waals surface area contributed by atoms with Crippen LogP contribution in [0.4, 0.5) is 0 Å². The van der Waals surface area contributed by atoms with Crippen LogP contribution in [0.3, 0.4) is 0 Å². The predicted molar refractivity (Wildman–Crippen MR) is 137 cm³/mol. The van der Waals surface area contributed by atoms with E-state index in [4.69, 9.17) is 17.0 Å². The normalized spacial score (nSPS) is 38.3. The lowest BCUT2D eigenvalue weighted by molar-refractivity contribution is -0.142. The second-order valence-electron chi connectivity index (χ2n) is 11.8. The Morgan fingerprint density at radius 3 is 2.62 bits per heavy atom. The number of aliphatic hydroxyl groups is 1. The number of rotatable bonds is 8. The fraction of sp³-hybridized carbons (Fsp3) is 0.714. The summed E-state index contributed by atoms with van der Waals surface area (Å²) in [6.07, 6.45) is 15.1. The summed E-state index contributed by atoms with van der Waals surface area (Å²) in [7, 11) is 0. The number of hydrogen-bond acceptors (Lipinski definition) is 6. The van der Waals surface area contributed by atoms with Gasteiger partial charge in [0.05, 0.1) is 5.71 Å². The largest absolute Gasteiger partial charge is 0.480 e. The quantitative estimate of drug-likeness (QED) is 0.289. The molecule has 9 heteroatoms. The van der Waals surface area contributed by atoms with Crippen molar-refractivity contribution in [2.24, 2.45) is 39.5 Å². The second kappa shape index (κ2) is 10.1. The molecule has 0 aromatic heterocycles. The number of nitrogens with zero attached hydrogens (tertiary/aromatic N) is 1. The van der Waals surface area contributed by atoms with Crippen LogP contribution in [0.15, 0.2) is 16.8 Å². The SMILES string of the molecule is C#C[C@@]1(O)CCC2C3CCC4=C/C(=N/OCC(=O)NC(CCC(N)=O)C(=O)O)CC[C@]4(C)C3CC[C@@]21C. The summed E-state index contributed by atoms with van der Waals surface area (Å²) in [6, 6.07) is -1.21. The maximum Gasteiger partial charge on any atom is 0.326 e. The van der Waals surface area contributed by atoms with Gasteiger partial charge in [-0.1, -0.05) is 30.5 Å². The highest BCUT2D eigenvalue weighted by atomic mass is 16.6. The molecule has 0 bridgehead atoms. The number of nitrogens with two attached hydrogens (primary N) is 1. The minimum absolute atomic E-state index is 0.0760. The van der Waals surface area contributed by atoms with Gasteiger partial charge in [0, 0.05) is 11.8 Å². The van der Waals surface area contributed by atoms with Crippen molar-refractivity contribution < 1.29 is 29.4 Å². The zero-order valence-electron chi connectivity index (χ0n) is 21.8. The fourth-order valence-electron chi connectivity index (χ4n) is 7.85. The van der Waals surface area contributed by atoms with Crippen molar-refractivity contribution in [1.82, 2.24) is 5.32 Å². The van der Waals surface area contributed by atoms with Gasteiger partial charge in [-0.15, -0.1) is 6.42 Å². The third-order valence-corrected chi connectivity index (χ3v) is 10.1. The van der Waals surface area contributed by atoms with E-state index in [9.17, 15) is 24.6 Å². The lowest BCUT2D eigenvalue weighted by Crippen LogP contribution is -2.54. The average molecular weight is 514 g/mol. The van der Waals surface area contributed by atoms with Crippen LogP contribution in [0, 0.1) is 40.9 Å². The molecule has 0 aromatic rings. The van der Waals surface area contributed by atoms with Crippen LogP contribution in [0.1, 0.15) is 78.1 Å². The molecule has 3 fully saturated rings. The smallest absolute Gasteiger partial charge is 0.326 e. The Labute approximate surface area is 218 Å². The number of carbonyl (C=O) groups is 3. The molecule has 0 aromatic carbocycles. The molecular formula is C28H39N3O6. The van der Waals surface area contributed by atoms with E-state index in [0.29, 0.717) is 24.2 Å². The molecule has 2 amide bonds. The summed E-state index contributed by atoms with van der Waals surface area (Å²) in [5.41, 5.74) is 6.08.